The number of para-hydroxylation sites is 1. The standard InChI is InChI=1S/C13H15NO4/c1-14-12(15)8-9-18-11-5-3-2-4-10(11)6-7-13(16)17/h2-7H,8-9H2,1H3,(H,14,15)(H,16,17)/b7-6+. The summed E-state index contributed by atoms with van der Waals surface area (Å²) in [4.78, 5) is 21.5. The molecule has 18 heavy (non-hydrogen) atoms. The minimum Gasteiger partial charge on any atom is -0.492 e. The van der Waals surface area contributed by atoms with Crippen LogP contribution in [-0.2, 0) is 9.59 Å². The van der Waals surface area contributed by atoms with E-state index in [4.69, 9.17) is 9.84 Å². The summed E-state index contributed by atoms with van der Waals surface area (Å²) in [5, 5.41) is 11.1. The topological polar surface area (TPSA) is 75.6 Å². The molecular weight excluding hydrogens is 234 g/mol. The van der Waals surface area contributed by atoms with E-state index < -0.39 is 5.97 Å². The Labute approximate surface area is 105 Å². The van der Waals surface area contributed by atoms with E-state index in [0.717, 1.165) is 6.08 Å². The molecule has 1 rings (SSSR count). The van der Waals surface area contributed by atoms with Crippen molar-refractivity contribution in [3.05, 3.63) is 35.9 Å². The van der Waals surface area contributed by atoms with Gasteiger partial charge >= 0.3 is 5.97 Å². The van der Waals surface area contributed by atoms with E-state index >= 15 is 0 Å². The van der Waals surface area contributed by atoms with Crippen LogP contribution < -0.4 is 10.1 Å². The van der Waals surface area contributed by atoms with Gasteiger partial charge in [-0.05, 0) is 12.1 Å². The molecule has 0 saturated carbocycles. The molecule has 96 valence electrons. The van der Waals surface area contributed by atoms with Crippen LogP contribution in [0.1, 0.15) is 12.0 Å². The summed E-state index contributed by atoms with van der Waals surface area (Å²) in [6.07, 6.45) is 2.76. The molecule has 0 unspecified atom stereocenters. The fourth-order valence-corrected chi connectivity index (χ4v) is 1.29. The van der Waals surface area contributed by atoms with Gasteiger partial charge in [-0.1, -0.05) is 18.2 Å². The molecule has 1 aromatic carbocycles. The maximum absolute atomic E-state index is 11.0. The van der Waals surface area contributed by atoms with Crippen LogP contribution >= 0.6 is 0 Å². The molecule has 0 atom stereocenters. The maximum atomic E-state index is 11.0. The van der Waals surface area contributed by atoms with Gasteiger partial charge in [0.15, 0.2) is 0 Å². The monoisotopic (exact) mass is 249 g/mol. The van der Waals surface area contributed by atoms with E-state index in [2.05, 4.69) is 5.32 Å². The fraction of sp³-hybridized carbons (Fsp3) is 0.231. The van der Waals surface area contributed by atoms with Gasteiger partial charge in [0.1, 0.15) is 5.75 Å². The van der Waals surface area contributed by atoms with Crippen molar-refractivity contribution in [1.29, 1.82) is 0 Å². The van der Waals surface area contributed by atoms with Crippen molar-refractivity contribution in [3.8, 4) is 5.75 Å². The molecule has 0 heterocycles. The third-order valence-corrected chi connectivity index (χ3v) is 2.19. The lowest BCUT2D eigenvalue weighted by atomic mass is 10.2. The highest BCUT2D eigenvalue weighted by Crippen LogP contribution is 2.19. The second kappa shape index (κ2) is 7.11. The van der Waals surface area contributed by atoms with Gasteiger partial charge in [-0.25, -0.2) is 4.79 Å². The highest BCUT2D eigenvalue weighted by Gasteiger charge is 2.02. The smallest absolute Gasteiger partial charge is 0.328 e. The van der Waals surface area contributed by atoms with Crippen molar-refractivity contribution < 1.29 is 19.4 Å². The summed E-state index contributed by atoms with van der Waals surface area (Å²) in [5.41, 5.74) is 0.664. The number of carboxylic acid groups (broad SMARTS) is 1. The lowest BCUT2D eigenvalue weighted by molar-refractivity contribution is -0.131. The average Bonchev–Trinajstić information content (AvgIpc) is 2.37. The molecular formula is C13H15NO4. The first-order valence-corrected chi connectivity index (χ1v) is 5.47. The van der Waals surface area contributed by atoms with Crippen LogP contribution in [-0.4, -0.2) is 30.6 Å². The number of hydrogen-bond acceptors (Lipinski definition) is 3. The van der Waals surface area contributed by atoms with Crippen LogP contribution in [0, 0.1) is 0 Å². The van der Waals surface area contributed by atoms with Gasteiger partial charge < -0.3 is 15.2 Å². The number of rotatable bonds is 6. The summed E-state index contributed by atoms with van der Waals surface area (Å²) >= 11 is 0. The molecule has 5 nitrogen and oxygen atoms in total. The summed E-state index contributed by atoms with van der Waals surface area (Å²) in [5.74, 6) is -0.567. The Kier molecular flexibility index (Phi) is 5.44. The molecule has 0 radical (unpaired) electrons. The third kappa shape index (κ3) is 4.69. The Morgan fingerprint density at radius 3 is 2.78 bits per heavy atom. The Morgan fingerprint density at radius 1 is 1.39 bits per heavy atom. The van der Waals surface area contributed by atoms with E-state index in [1.54, 1.807) is 31.3 Å². The second-order valence-electron chi connectivity index (χ2n) is 3.48. The first kappa shape index (κ1) is 13.8. The van der Waals surface area contributed by atoms with E-state index in [9.17, 15) is 9.59 Å². The summed E-state index contributed by atoms with van der Waals surface area (Å²) in [7, 11) is 1.56. The number of carbonyl (C=O) groups excluding carboxylic acids is 1. The summed E-state index contributed by atoms with van der Waals surface area (Å²) in [6, 6.07) is 7.04. The SMILES string of the molecule is CNC(=O)CCOc1ccccc1/C=C/C(=O)O. The number of carbonyl (C=O) groups is 2. The van der Waals surface area contributed by atoms with Crippen LogP contribution in [0.25, 0.3) is 6.08 Å². The highest BCUT2D eigenvalue weighted by molar-refractivity contribution is 5.85. The first-order chi connectivity index (χ1) is 8.63. The lowest BCUT2D eigenvalue weighted by Crippen LogP contribution is -2.20. The van der Waals surface area contributed by atoms with Gasteiger partial charge in [-0.2, -0.15) is 0 Å². The molecule has 0 aliphatic rings. The molecule has 0 saturated heterocycles. The fourth-order valence-electron chi connectivity index (χ4n) is 1.29. The predicted molar refractivity (Wildman–Crippen MR) is 67.3 cm³/mol. The van der Waals surface area contributed by atoms with Gasteiger partial charge in [-0.3, -0.25) is 4.79 Å². The Balaban J connectivity index is 2.64. The van der Waals surface area contributed by atoms with Gasteiger partial charge in [0, 0.05) is 18.7 Å². The molecule has 5 heteroatoms. The predicted octanol–water partition coefficient (Wildman–Crippen LogP) is 1.30. The average molecular weight is 249 g/mol. The van der Waals surface area contributed by atoms with Crippen LogP contribution in [0.2, 0.25) is 0 Å². The molecule has 0 spiro atoms. The minimum absolute atomic E-state index is 0.103. The highest BCUT2D eigenvalue weighted by atomic mass is 16.5. The molecule has 0 aliphatic carbocycles. The quantitative estimate of drug-likeness (QED) is 0.745. The number of ether oxygens (including phenoxy) is 1. The largest absolute Gasteiger partial charge is 0.492 e. The number of aliphatic carboxylic acids is 1. The molecule has 1 aromatic rings. The zero-order valence-electron chi connectivity index (χ0n) is 10.1. The second-order valence-corrected chi connectivity index (χ2v) is 3.48. The van der Waals surface area contributed by atoms with Gasteiger partial charge in [0.05, 0.1) is 13.0 Å². The zero-order chi connectivity index (χ0) is 13.4. The van der Waals surface area contributed by atoms with Crippen LogP contribution in [0.4, 0.5) is 0 Å². The van der Waals surface area contributed by atoms with Crippen LogP contribution in [0.15, 0.2) is 30.3 Å². The van der Waals surface area contributed by atoms with Crippen molar-refractivity contribution in [3.63, 3.8) is 0 Å². The molecule has 0 bridgehead atoms. The number of benzene rings is 1. The number of carboxylic acids is 1. The maximum Gasteiger partial charge on any atom is 0.328 e. The van der Waals surface area contributed by atoms with Crippen LogP contribution in [0.5, 0.6) is 5.75 Å². The Morgan fingerprint density at radius 2 is 2.11 bits per heavy atom. The number of amides is 1. The van der Waals surface area contributed by atoms with E-state index in [1.165, 1.54) is 6.08 Å². The van der Waals surface area contributed by atoms with Gasteiger partial charge in [-0.15, -0.1) is 0 Å². The van der Waals surface area contributed by atoms with Crippen molar-refractivity contribution in [2.24, 2.45) is 0 Å². The van der Waals surface area contributed by atoms with Gasteiger partial charge in [0.25, 0.3) is 0 Å². The number of nitrogens with one attached hydrogen (secondary N) is 1. The van der Waals surface area contributed by atoms with Gasteiger partial charge in [0.2, 0.25) is 5.91 Å². The van der Waals surface area contributed by atoms with Crippen LogP contribution in [0.3, 0.4) is 0 Å². The van der Waals surface area contributed by atoms with E-state index in [-0.39, 0.29) is 18.9 Å². The van der Waals surface area contributed by atoms with E-state index in [0.29, 0.717) is 11.3 Å². The minimum atomic E-state index is -1.02. The molecule has 2 N–H and O–H groups in total. The van der Waals surface area contributed by atoms with Crippen molar-refractivity contribution in [2.75, 3.05) is 13.7 Å². The first-order valence-electron chi connectivity index (χ1n) is 5.47. The van der Waals surface area contributed by atoms with Crippen molar-refractivity contribution in [2.45, 2.75) is 6.42 Å². The summed E-state index contributed by atoms with van der Waals surface area (Å²) < 4.78 is 5.44. The number of hydrogen-bond donors (Lipinski definition) is 2. The molecule has 0 aromatic heterocycles. The Hall–Kier alpha value is -2.30. The van der Waals surface area contributed by atoms with E-state index in [1.807, 2.05) is 0 Å². The Bertz CT molecular complexity index is 454. The van der Waals surface area contributed by atoms with Crippen molar-refractivity contribution in [1.82, 2.24) is 5.32 Å². The molecule has 1 amide bonds. The van der Waals surface area contributed by atoms with Crippen molar-refractivity contribution >= 4 is 18.0 Å². The summed E-state index contributed by atoms with van der Waals surface area (Å²) in [6.45, 7) is 0.248. The lowest BCUT2D eigenvalue weighted by Gasteiger charge is -2.08. The third-order valence-electron chi connectivity index (χ3n) is 2.19. The zero-order valence-corrected chi connectivity index (χ0v) is 10.1. The normalized spacial score (nSPS) is 10.3. The molecule has 0 aliphatic heterocycles. The molecule has 0 fully saturated rings.